The Labute approximate surface area is 151 Å². The number of nitrogens with one attached hydrogen (secondary N) is 1. The van der Waals surface area contributed by atoms with Gasteiger partial charge in [-0.15, -0.1) is 24.8 Å². The molecule has 23 heavy (non-hydrogen) atoms. The fourth-order valence-corrected chi connectivity index (χ4v) is 3.29. The summed E-state index contributed by atoms with van der Waals surface area (Å²) in [6.45, 7) is 6.03. The first-order chi connectivity index (χ1) is 10.1. The Morgan fingerprint density at radius 1 is 1.13 bits per heavy atom. The summed E-state index contributed by atoms with van der Waals surface area (Å²) in [5, 5.41) is 2.81. The Balaban J connectivity index is 0.00000242. The Kier molecular flexibility index (Phi) is 10.8. The van der Waals surface area contributed by atoms with E-state index < -0.39 is 0 Å². The lowest BCUT2D eigenvalue weighted by atomic mass is 9.85. The first-order valence-corrected chi connectivity index (χ1v) is 8.13. The SMILES string of the molecule is CCNC(=O)CN1CCN(C(=O)C2CCCC(N)C2)CC1.Cl.Cl. The van der Waals surface area contributed by atoms with Crippen molar-refractivity contribution < 1.29 is 9.59 Å². The Morgan fingerprint density at radius 3 is 2.35 bits per heavy atom. The van der Waals surface area contributed by atoms with Crippen LogP contribution in [-0.2, 0) is 9.59 Å². The van der Waals surface area contributed by atoms with E-state index in [4.69, 9.17) is 5.73 Å². The van der Waals surface area contributed by atoms with E-state index in [1.807, 2.05) is 11.8 Å². The average molecular weight is 369 g/mol. The number of rotatable bonds is 4. The summed E-state index contributed by atoms with van der Waals surface area (Å²) in [5.41, 5.74) is 5.97. The highest BCUT2D eigenvalue weighted by molar-refractivity contribution is 5.85. The molecule has 0 bridgehead atoms. The molecule has 2 atom stereocenters. The highest BCUT2D eigenvalue weighted by atomic mass is 35.5. The number of nitrogens with zero attached hydrogens (tertiary/aromatic N) is 2. The average Bonchev–Trinajstić information content (AvgIpc) is 2.47. The second-order valence-corrected chi connectivity index (χ2v) is 6.18. The molecule has 2 unspecified atom stereocenters. The molecule has 2 amide bonds. The normalized spacial score (nSPS) is 25.0. The van der Waals surface area contributed by atoms with Gasteiger partial charge >= 0.3 is 0 Å². The molecule has 3 N–H and O–H groups in total. The lowest BCUT2D eigenvalue weighted by molar-refractivity contribution is -0.138. The van der Waals surface area contributed by atoms with Gasteiger partial charge in [-0.25, -0.2) is 0 Å². The number of hydrogen-bond acceptors (Lipinski definition) is 4. The van der Waals surface area contributed by atoms with E-state index in [0.717, 1.165) is 51.9 Å². The van der Waals surface area contributed by atoms with E-state index in [1.165, 1.54) is 0 Å². The van der Waals surface area contributed by atoms with Crippen LogP contribution in [0.2, 0.25) is 0 Å². The molecule has 136 valence electrons. The van der Waals surface area contributed by atoms with Crippen molar-refractivity contribution >= 4 is 36.6 Å². The van der Waals surface area contributed by atoms with Crippen molar-refractivity contribution in [2.75, 3.05) is 39.3 Å². The van der Waals surface area contributed by atoms with Gasteiger partial charge in [0, 0.05) is 44.7 Å². The molecule has 0 aromatic heterocycles. The number of carbonyl (C=O) groups excluding carboxylic acids is 2. The predicted molar refractivity (Wildman–Crippen MR) is 96.1 cm³/mol. The van der Waals surface area contributed by atoms with Crippen LogP contribution in [0.1, 0.15) is 32.6 Å². The van der Waals surface area contributed by atoms with Crippen LogP contribution in [0.25, 0.3) is 0 Å². The number of likely N-dealkylation sites (N-methyl/N-ethyl adjacent to an activating group) is 1. The van der Waals surface area contributed by atoms with Crippen LogP contribution < -0.4 is 11.1 Å². The number of nitrogens with two attached hydrogens (primary N) is 1. The van der Waals surface area contributed by atoms with E-state index in [9.17, 15) is 9.59 Å². The van der Waals surface area contributed by atoms with Crippen molar-refractivity contribution in [1.82, 2.24) is 15.1 Å². The number of piperazine rings is 1. The summed E-state index contributed by atoms with van der Waals surface area (Å²) >= 11 is 0. The van der Waals surface area contributed by atoms with Gasteiger partial charge in [0.1, 0.15) is 0 Å². The predicted octanol–water partition coefficient (Wildman–Crippen LogP) is 0.628. The van der Waals surface area contributed by atoms with Crippen molar-refractivity contribution in [2.24, 2.45) is 11.7 Å². The van der Waals surface area contributed by atoms with Crippen molar-refractivity contribution in [3.05, 3.63) is 0 Å². The van der Waals surface area contributed by atoms with E-state index in [1.54, 1.807) is 0 Å². The van der Waals surface area contributed by atoms with Gasteiger partial charge in [0.25, 0.3) is 0 Å². The summed E-state index contributed by atoms with van der Waals surface area (Å²) < 4.78 is 0. The first kappa shape index (κ1) is 22.4. The second-order valence-electron chi connectivity index (χ2n) is 6.18. The Bertz CT molecular complexity index is 376. The maximum absolute atomic E-state index is 12.5. The zero-order valence-electron chi connectivity index (χ0n) is 13.8. The van der Waals surface area contributed by atoms with Gasteiger partial charge in [-0.1, -0.05) is 6.42 Å². The third-order valence-corrected chi connectivity index (χ3v) is 4.49. The molecule has 2 aliphatic rings. The lowest BCUT2D eigenvalue weighted by Crippen LogP contribution is -2.53. The Hall–Kier alpha value is -0.560. The second kappa shape index (κ2) is 11.1. The summed E-state index contributed by atoms with van der Waals surface area (Å²) in [4.78, 5) is 28.1. The lowest BCUT2D eigenvalue weighted by Gasteiger charge is -2.37. The minimum Gasteiger partial charge on any atom is -0.355 e. The molecule has 1 saturated heterocycles. The van der Waals surface area contributed by atoms with E-state index >= 15 is 0 Å². The smallest absolute Gasteiger partial charge is 0.234 e. The van der Waals surface area contributed by atoms with Crippen LogP contribution in [0.3, 0.4) is 0 Å². The molecule has 0 radical (unpaired) electrons. The summed E-state index contributed by atoms with van der Waals surface area (Å²) in [5.74, 6) is 0.446. The third kappa shape index (κ3) is 6.83. The largest absolute Gasteiger partial charge is 0.355 e. The van der Waals surface area contributed by atoms with E-state index in [2.05, 4.69) is 10.2 Å². The number of halogens is 2. The van der Waals surface area contributed by atoms with Gasteiger partial charge in [0.2, 0.25) is 11.8 Å². The maximum Gasteiger partial charge on any atom is 0.234 e. The van der Waals surface area contributed by atoms with Crippen molar-refractivity contribution in [3.63, 3.8) is 0 Å². The quantitative estimate of drug-likeness (QED) is 0.762. The van der Waals surface area contributed by atoms with Crippen LogP contribution in [0.15, 0.2) is 0 Å². The number of hydrogen-bond donors (Lipinski definition) is 2. The molecular weight excluding hydrogens is 339 g/mol. The molecule has 2 fully saturated rings. The molecule has 0 aromatic rings. The molecular formula is C15H30Cl2N4O2. The minimum absolute atomic E-state index is 0. The number of carbonyl (C=O) groups is 2. The number of amides is 2. The molecule has 0 aromatic carbocycles. The van der Waals surface area contributed by atoms with Gasteiger partial charge in [0.05, 0.1) is 6.54 Å². The maximum atomic E-state index is 12.5. The van der Waals surface area contributed by atoms with Crippen molar-refractivity contribution in [1.29, 1.82) is 0 Å². The van der Waals surface area contributed by atoms with Crippen LogP contribution >= 0.6 is 24.8 Å². The molecule has 2 rings (SSSR count). The van der Waals surface area contributed by atoms with Gasteiger partial charge in [0.15, 0.2) is 0 Å². The minimum atomic E-state index is 0. The third-order valence-electron chi connectivity index (χ3n) is 4.49. The van der Waals surface area contributed by atoms with Crippen molar-refractivity contribution in [2.45, 2.75) is 38.6 Å². The van der Waals surface area contributed by atoms with Crippen LogP contribution in [0.5, 0.6) is 0 Å². The van der Waals surface area contributed by atoms with Gasteiger partial charge in [-0.3, -0.25) is 14.5 Å². The highest BCUT2D eigenvalue weighted by Crippen LogP contribution is 2.25. The topological polar surface area (TPSA) is 78.7 Å². The van der Waals surface area contributed by atoms with Gasteiger partial charge < -0.3 is 16.0 Å². The highest BCUT2D eigenvalue weighted by Gasteiger charge is 2.30. The molecule has 1 heterocycles. The standard InChI is InChI=1S/C15H28N4O2.2ClH/c1-2-17-14(20)11-18-6-8-19(9-7-18)15(21)12-4-3-5-13(16)10-12;;/h12-13H,2-11,16H2,1H3,(H,17,20);2*1H. The van der Waals surface area contributed by atoms with Crippen molar-refractivity contribution in [3.8, 4) is 0 Å². The zero-order valence-corrected chi connectivity index (χ0v) is 15.5. The van der Waals surface area contributed by atoms with Gasteiger partial charge in [-0.2, -0.15) is 0 Å². The van der Waals surface area contributed by atoms with E-state index in [-0.39, 0.29) is 48.6 Å². The fraction of sp³-hybridized carbons (Fsp3) is 0.867. The van der Waals surface area contributed by atoms with Crippen LogP contribution in [0, 0.1) is 5.92 Å². The van der Waals surface area contributed by atoms with Crippen LogP contribution in [-0.4, -0.2) is 66.9 Å². The molecule has 6 nitrogen and oxygen atoms in total. The Morgan fingerprint density at radius 2 is 1.78 bits per heavy atom. The summed E-state index contributed by atoms with van der Waals surface area (Å²) in [6, 6.07) is 0.187. The monoisotopic (exact) mass is 368 g/mol. The molecule has 1 saturated carbocycles. The fourth-order valence-electron chi connectivity index (χ4n) is 3.29. The summed E-state index contributed by atoms with van der Waals surface area (Å²) in [7, 11) is 0. The van der Waals surface area contributed by atoms with E-state index in [0.29, 0.717) is 13.1 Å². The zero-order chi connectivity index (χ0) is 15.2. The molecule has 1 aliphatic heterocycles. The molecule has 0 spiro atoms. The first-order valence-electron chi connectivity index (χ1n) is 8.13. The van der Waals surface area contributed by atoms with Crippen LogP contribution in [0.4, 0.5) is 0 Å². The molecule has 8 heteroatoms. The van der Waals surface area contributed by atoms with Gasteiger partial charge in [-0.05, 0) is 26.2 Å². The molecule has 1 aliphatic carbocycles. The summed E-state index contributed by atoms with van der Waals surface area (Å²) in [6.07, 6.45) is 3.92.